The third kappa shape index (κ3) is 4.74. The van der Waals surface area contributed by atoms with E-state index in [0.717, 1.165) is 11.3 Å². The Labute approximate surface area is 134 Å². The first kappa shape index (κ1) is 16.8. The molecule has 0 bridgehead atoms. The van der Waals surface area contributed by atoms with E-state index in [1.807, 2.05) is 30.3 Å². The standard InChI is InChI=1S/C16H21NO4S/c18-14(17-16(15(19)20)8-10-22-12-16)7-4-9-21-11-13-5-2-1-3-6-13/h1-3,5-6H,4,7-12H2,(H,17,18)(H,19,20). The minimum absolute atomic E-state index is 0.215. The highest BCUT2D eigenvalue weighted by molar-refractivity contribution is 7.99. The monoisotopic (exact) mass is 323 g/mol. The number of carboxylic acid groups (broad SMARTS) is 1. The van der Waals surface area contributed by atoms with Gasteiger partial charge in [-0.15, -0.1) is 0 Å². The molecule has 1 heterocycles. The summed E-state index contributed by atoms with van der Waals surface area (Å²) in [7, 11) is 0. The predicted molar refractivity (Wildman–Crippen MR) is 85.8 cm³/mol. The van der Waals surface area contributed by atoms with Gasteiger partial charge >= 0.3 is 5.97 Å². The minimum Gasteiger partial charge on any atom is -0.479 e. The molecule has 1 atom stereocenters. The molecule has 1 aromatic carbocycles. The lowest BCUT2D eigenvalue weighted by Crippen LogP contribution is -2.54. The molecule has 0 saturated carbocycles. The number of carboxylic acids is 1. The van der Waals surface area contributed by atoms with Crippen LogP contribution in [0, 0.1) is 0 Å². The third-order valence-corrected chi connectivity index (χ3v) is 4.80. The Bertz CT molecular complexity index is 500. The number of carbonyl (C=O) groups is 2. The molecule has 1 aromatic rings. The summed E-state index contributed by atoms with van der Waals surface area (Å²) in [6.45, 7) is 1.01. The molecule has 1 aliphatic heterocycles. The van der Waals surface area contributed by atoms with Crippen molar-refractivity contribution in [3.8, 4) is 0 Å². The summed E-state index contributed by atoms with van der Waals surface area (Å²) in [5.41, 5.74) is 0.0203. The first-order valence-electron chi connectivity index (χ1n) is 7.36. The van der Waals surface area contributed by atoms with Crippen molar-refractivity contribution in [2.45, 2.75) is 31.4 Å². The number of benzene rings is 1. The predicted octanol–water partition coefficient (Wildman–Crippen LogP) is 2.06. The van der Waals surface area contributed by atoms with E-state index in [0.29, 0.717) is 31.8 Å². The SMILES string of the molecule is O=C(CCCOCc1ccccc1)NC1(C(=O)O)CCSC1. The Morgan fingerprint density at radius 3 is 2.73 bits per heavy atom. The highest BCUT2D eigenvalue weighted by Crippen LogP contribution is 2.28. The van der Waals surface area contributed by atoms with Gasteiger partial charge in [-0.25, -0.2) is 4.79 Å². The van der Waals surface area contributed by atoms with E-state index in [1.54, 1.807) is 11.8 Å². The second-order valence-corrected chi connectivity index (χ2v) is 6.48. The number of aliphatic carboxylic acids is 1. The number of rotatable bonds is 8. The summed E-state index contributed by atoms with van der Waals surface area (Å²) in [5, 5.41) is 12.0. The van der Waals surface area contributed by atoms with Gasteiger partial charge in [0.1, 0.15) is 5.54 Å². The van der Waals surface area contributed by atoms with Crippen LogP contribution in [0.2, 0.25) is 0 Å². The average molecular weight is 323 g/mol. The topological polar surface area (TPSA) is 75.6 Å². The van der Waals surface area contributed by atoms with Crippen LogP contribution in [0.15, 0.2) is 30.3 Å². The van der Waals surface area contributed by atoms with Gasteiger partial charge in [-0.2, -0.15) is 11.8 Å². The molecule has 0 radical (unpaired) electrons. The maximum Gasteiger partial charge on any atom is 0.330 e. The van der Waals surface area contributed by atoms with Gasteiger partial charge in [-0.05, 0) is 24.2 Å². The van der Waals surface area contributed by atoms with Crippen molar-refractivity contribution in [2.75, 3.05) is 18.1 Å². The first-order chi connectivity index (χ1) is 10.6. The van der Waals surface area contributed by atoms with Crippen LogP contribution < -0.4 is 5.32 Å². The lowest BCUT2D eigenvalue weighted by atomic mass is 9.99. The molecule has 1 fully saturated rings. The lowest BCUT2D eigenvalue weighted by Gasteiger charge is -2.24. The van der Waals surface area contributed by atoms with Gasteiger partial charge in [0.2, 0.25) is 5.91 Å². The van der Waals surface area contributed by atoms with Crippen LogP contribution in [0.3, 0.4) is 0 Å². The molecule has 2 N–H and O–H groups in total. The second-order valence-electron chi connectivity index (χ2n) is 5.38. The van der Waals surface area contributed by atoms with Gasteiger partial charge in [0.25, 0.3) is 0 Å². The molecule has 120 valence electrons. The Kier molecular flexibility index (Phi) is 6.27. The summed E-state index contributed by atoms with van der Waals surface area (Å²) in [4.78, 5) is 23.2. The number of ether oxygens (including phenoxy) is 1. The van der Waals surface area contributed by atoms with Crippen LogP contribution in [0.5, 0.6) is 0 Å². The number of carbonyl (C=O) groups excluding carboxylic acids is 1. The number of nitrogens with one attached hydrogen (secondary N) is 1. The van der Waals surface area contributed by atoms with E-state index in [2.05, 4.69) is 5.32 Å². The Morgan fingerprint density at radius 2 is 2.09 bits per heavy atom. The molecule has 0 spiro atoms. The van der Waals surface area contributed by atoms with Gasteiger partial charge in [0.05, 0.1) is 6.61 Å². The molecular weight excluding hydrogens is 302 g/mol. The van der Waals surface area contributed by atoms with Gasteiger partial charge < -0.3 is 15.2 Å². The van der Waals surface area contributed by atoms with Crippen molar-refractivity contribution in [3.05, 3.63) is 35.9 Å². The van der Waals surface area contributed by atoms with Crippen molar-refractivity contribution >= 4 is 23.6 Å². The molecule has 1 amide bonds. The van der Waals surface area contributed by atoms with Gasteiger partial charge in [0, 0.05) is 18.8 Å². The zero-order valence-electron chi connectivity index (χ0n) is 12.4. The lowest BCUT2D eigenvalue weighted by molar-refractivity contribution is -0.146. The molecule has 0 aliphatic carbocycles. The molecule has 2 rings (SSSR count). The summed E-state index contributed by atoms with van der Waals surface area (Å²) >= 11 is 1.56. The maximum atomic E-state index is 11.9. The van der Waals surface area contributed by atoms with E-state index in [9.17, 15) is 14.7 Å². The fourth-order valence-corrected chi connectivity index (χ4v) is 3.64. The normalized spacial score (nSPS) is 20.7. The van der Waals surface area contributed by atoms with Crippen LogP contribution in [-0.2, 0) is 20.9 Å². The van der Waals surface area contributed by atoms with Crippen molar-refractivity contribution in [1.82, 2.24) is 5.32 Å². The summed E-state index contributed by atoms with van der Waals surface area (Å²) in [6.07, 6.45) is 1.36. The Hall–Kier alpha value is -1.53. The number of amides is 1. The Balaban J connectivity index is 1.64. The zero-order chi connectivity index (χ0) is 15.8. The smallest absolute Gasteiger partial charge is 0.330 e. The Morgan fingerprint density at radius 1 is 1.32 bits per heavy atom. The van der Waals surface area contributed by atoms with Crippen LogP contribution in [-0.4, -0.2) is 40.6 Å². The summed E-state index contributed by atoms with van der Waals surface area (Å²) in [6, 6.07) is 9.84. The molecule has 1 unspecified atom stereocenters. The van der Waals surface area contributed by atoms with Gasteiger partial charge in [-0.3, -0.25) is 4.79 Å². The molecule has 0 aromatic heterocycles. The van der Waals surface area contributed by atoms with E-state index >= 15 is 0 Å². The highest BCUT2D eigenvalue weighted by atomic mass is 32.2. The van der Waals surface area contributed by atoms with E-state index in [1.165, 1.54) is 0 Å². The van der Waals surface area contributed by atoms with Crippen molar-refractivity contribution < 1.29 is 19.4 Å². The van der Waals surface area contributed by atoms with Crippen molar-refractivity contribution in [3.63, 3.8) is 0 Å². The van der Waals surface area contributed by atoms with Crippen LogP contribution >= 0.6 is 11.8 Å². The summed E-state index contributed by atoms with van der Waals surface area (Å²) < 4.78 is 5.51. The molecular formula is C16H21NO4S. The van der Waals surface area contributed by atoms with Crippen LogP contribution in [0.25, 0.3) is 0 Å². The highest BCUT2D eigenvalue weighted by Gasteiger charge is 2.42. The largest absolute Gasteiger partial charge is 0.479 e. The van der Waals surface area contributed by atoms with Gasteiger partial charge in [-0.1, -0.05) is 30.3 Å². The number of thioether (sulfide) groups is 1. The maximum absolute atomic E-state index is 11.9. The fraction of sp³-hybridized carbons (Fsp3) is 0.500. The first-order valence-corrected chi connectivity index (χ1v) is 8.52. The quantitative estimate of drug-likeness (QED) is 0.716. The van der Waals surface area contributed by atoms with E-state index in [4.69, 9.17) is 4.74 Å². The van der Waals surface area contributed by atoms with Crippen LogP contribution in [0.4, 0.5) is 0 Å². The van der Waals surface area contributed by atoms with Crippen molar-refractivity contribution in [2.24, 2.45) is 0 Å². The second kappa shape index (κ2) is 8.19. The zero-order valence-corrected chi connectivity index (χ0v) is 13.2. The van der Waals surface area contributed by atoms with E-state index < -0.39 is 11.5 Å². The minimum atomic E-state index is -1.08. The molecule has 1 saturated heterocycles. The molecule has 1 aliphatic rings. The fourth-order valence-electron chi connectivity index (χ4n) is 2.31. The average Bonchev–Trinajstić information content (AvgIpc) is 2.98. The van der Waals surface area contributed by atoms with Crippen molar-refractivity contribution in [1.29, 1.82) is 0 Å². The summed E-state index contributed by atoms with van der Waals surface area (Å²) in [5.74, 6) is 0.0603. The number of hydrogen-bond acceptors (Lipinski definition) is 4. The van der Waals surface area contributed by atoms with E-state index in [-0.39, 0.29) is 12.3 Å². The third-order valence-electron chi connectivity index (χ3n) is 3.61. The molecule has 22 heavy (non-hydrogen) atoms. The number of hydrogen-bond donors (Lipinski definition) is 2. The van der Waals surface area contributed by atoms with Gasteiger partial charge in [0.15, 0.2) is 0 Å². The molecule has 6 heteroatoms. The van der Waals surface area contributed by atoms with Crippen LogP contribution in [0.1, 0.15) is 24.8 Å². The molecule has 5 nitrogen and oxygen atoms in total.